The Morgan fingerprint density at radius 3 is 2.58 bits per heavy atom. The summed E-state index contributed by atoms with van der Waals surface area (Å²) in [6.07, 6.45) is 2.53. The van der Waals surface area contributed by atoms with E-state index in [4.69, 9.17) is 4.74 Å². The monoisotopic (exact) mass is 260 g/mol. The van der Waals surface area contributed by atoms with Crippen molar-refractivity contribution in [1.82, 2.24) is 20.5 Å². The Kier molecular flexibility index (Phi) is 4.52. The second-order valence-electron chi connectivity index (χ2n) is 4.49. The smallest absolute Gasteiger partial charge is 0.141 e. The van der Waals surface area contributed by atoms with Gasteiger partial charge in [-0.3, -0.25) is 5.10 Å². The van der Waals surface area contributed by atoms with E-state index in [2.05, 4.69) is 46.5 Å². The van der Waals surface area contributed by atoms with Crippen LogP contribution in [0.15, 0.2) is 30.6 Å². The first-order valence-electron chi connectivity index (χ1n) is 6.49. The summed E-state index contributed by atoms with van der Waals surface area (Å²) in [5, 5.41) is 10.3. The number of methoxy groups -OCH3 is 1. The molecule has 0 amide bonds. The molecular weight excluding hydrogens is 240 g/mol. The largest absolute Gasteiger partial charge is 0.497 e. The molecule has 0 spiro atoms. The molecule has 1 aromatic carbocycles. The molecule has 0 aliphatic rings. The van der Waals surface area contributed by atoms with Gasteiger partial charge in [0.05, 0.1) is 13.2 Å². The molecule has 0 saturated heterocycles. The number of rotatable bonds is 6. The van der Waals surface area contributed by atoms with Gasteiger partial charge in [-0.05, 0) is 31.0 Å². The van der Waals surface area contributed by atoms with Gasteiger partial charge in [0, 0.05) is 6.04 Å². The van der Waals surface area contributed by atoms with Crippen LogP contribution in [0.5, 0.6) is 5.75 Å². The average Bonchev–Trinajstić information content (AvgIpc) is 2.99. The molecule has 0 saturated carbocycles. The van der Waals surface area contributed by atoms with Gasteiger partial charge in [-0.25, -0.2) is 4.98 Å². The number of hydrogen-bond acceptors (Lipinski definition) is 4. The predicted octanol–water partition coefficient (Wildman–Crippen LogP) is 2.62. The summed E-state index contributed by atoms with van der Waals surface area (Å²) in [5.74, 6) is 1.73. The van der Waals surface area contributed by atoms with Crippen LogP contribution in [-0.2, 0) is 0 Å². The van der Waals surface area contributed by atoms with E-state index in [1.165, 1.54) is 11.9 Å². The molecule has 1 heterocycles. The Balaban J connectivity index is 2.06. The van der Waals surface area contributed by atoms with Crippen LogP contribution in [0.2, 0.25) is 0 Å². The lowest BCUT2D eigenvalue weighted by atomic mass is 10.0. The zero-order valence-electron chi connectivity index (χ0n) is 11.6. The van der Waals surface area contributed by atoms with Gasteiger partial charge in [0.1, 0.15) is 17.9 Å². The van der Waals surface area contributed by atoms with Crippen molar-refractivity contribution >= 4 is 0 Å². The number of aromatic amines is 1. The maximum atomic E-state index is 5.18. The molecule has 5 nitrogen and oxygen atoms in total. The van der Waals surface area contributed by atoms with Gasteiger partial charge in [0.2, 0.25) is 0 Å². The van der Waals surface area contributed by atoms with E-state index in [1.54, 1.807) is 7.11 Å². The summed E-state index contributed by atoms with van der Waals surface area (Å²) in [7, 11) is 1.68. The van der Waals surface area contributed by atoms with Gasteiger partial charge in [0.25, 0.3) is 0 Å². The number of aromatic nitrogens is 3. The van der Waals surface area contributed by atoms with Crippen LogP contribution in [0.4, 0.5) is 0 Å². The molecule has 2 rings (SSSR count). The van der Waals surface area contributed by atoms with E-state index in [1.807, 2.05) is 12.1 Å². The lowest BCUT2D eigenvalue weighted by molar-refractivity contribution is 0.413. The minimum Gasteiger partial charge on any atom is -0.497 e. The fraction of sp³-hybridized carbons (Fsp3) is 0.429. The SMILES string of the molecule is CCC(NC(C)c1ncn[nH]1)c1ccc(OC)cc1. The van der Waals surface area contributed by atoms with Crippen molar-refractivity contribution in [2.45, 2.75) is 32.4 Å². The predicted molar refractivity (Wildman–Crippen MR) is 74.0 cm³/mol. The lowest BCUT2D eigenvalue weighted by Gasteiger charge is -2.21. The normalized spacial score (nSPS) is 14.1. The molecule has 2 aromatic rings. The van der Waals surface area contributed by atoms with E-state index in [9.17, 15) is 0 Å². The van der Waals surface area contributed by atoms with Crippen molar-refractivity contribution in [2.24, 2.45) is 0 Å². The molecule has 0 radical (unpaired) electrons. The highest BCUT2D eigenvalue weighted by Gasteiger charge is 2.15. The quantitative estimate of drug-likeness (QED) is 0.838. The topological polar surface area (TPSA) is 62.8 Å². The number of hydrogen-bond donors (Lipinski definition) is 2. The highest BCUT2D eigenvalue weighted by molar-refractivity contribution is 5.29. The maximum absolute atomic E-state index is 5.18. The molecule has 0 aliphatic carbocycles. The molecule has 2 unspecified atom stereocenters. The van der Waals surface area contributed by atoms with Crippen molar-refractivity contribution < 1.29 is 4.74 Å². The first kappa shape index (κ1) is 13.5. The van der Waals surface area contributed by atoms with Crippen molar-refractivity contribution in [3.8, 4) is 5.75 Å². The number of benzene rings is 1. The van der Waals surface area contributed by atoms with Crippen LogP contribution in [0.3, 0.4) is 0 Å². The molecule has 1 aromatic heterocycles. The fourth-order valence-electron chi connectivity index (χ4n) is 2.09. The Morgan fingerprint density at radius 1 is 1.32 bits per heavy atom. The van der Waals surface area contributed by atoms with E-state index >= 15 is 0 Å². The molecule has 0 fully saturated rings. The van der Waals surface area contributed by atoms with Crippen LogP contribution >= 0.6 is 0 Å². The van der Waals surface area contributed by atoms with Crippen LogP contribution in [0.1, 0.15) is 43.7 Å². The number of nitrogens with zero attached hydrogens (tertiary/aromatic N) is 2. The van der Waals surface area contributed by atoms with Gasteiger partial charge in [0.15, 0.2) is 0 Å². The summed E-state index contributed by atoms with van der Waals surface area (Å²) in [5.41, 5.74) is 1.25. The van der Waals surface area contributed by atoms with E-state index in [0.717, 1.165) is 18.0 Å². The van der Waals surface area contributed by atoms with Crippen LogP contribution in [0, 0.1) is 0 Å². The third kappa shape index (κ3) is 3.32. The van der Waals surface area contributed by atoms with Gasteiger partial charge in [-0.2, -0.15) is 5.10 Å². The molecule has 2 atom stereocenters. The minimum atomic E-state index is 0.134. The van der Waals surface area contributed by atoms with Crippen molar-refractivity contribution in [3.63, 3.8) is 0 Å². The third-order valence-corrected chi connectivity index (χ3v) is 3.22. The van der Waals surface area contributed by atoms with Gasteiger partial charge >= 0.3 is 0 Å². The first-order chi connectivity index (χ1) is 9.24. The Hall–Kier alpha value is -1.88. The number of ether oxygens (including phenoxy) is 1. The highest BCUT2D eigenvalue weighted by Crippen LogP contribution is 2.22. The number of H-pyrrole nitrogens is 1. The van der Waals surface area contributed by atoms with Crippen molar-refractivity contribution in [2.75, 3.05) is 7.11 Å². The summed E-state index contributed by atoms with van der Waals surface area (Å²) in [6.45, 7) is 4.24. The lowest BCUT2D eigenvalue weighted by Crippen LogP contribution is -2.25. The van der Waals surface area contributed by atoms with E-state index in [0.29, 0.717) is 0 Å². The Morgan fingerprint density at radius 2 is 2.05 bits per heavy atom. The van der Waals surface area contributed by atoms with Gasteiger partial charge in [-0.1, -0.05) is 19.1 Å². The summed E-state index contributed by atoms with van der Waals surface area (Å²) in [4.78, 5) is 4.18. The van der Waals surface area contributed by atoms with Gasteiger partial charge in [-0.15, -0.1) is 0 Å². The van der Waals surface area contributed by atoms with E-state index in [-0.39, 0.29) is 12.1 Å². The van der Waals surface area contributed by atoms with Crippen LogP contribution in [-0.4, -0.2) is 22.3 Å². The number of nitrogens with one attached hydrogen (secondary N) is 2. The Bertz CT molecular complexity index is 481. The average molecular weight is 260 g/mol. The standard InChI is InChI=1S/C14H20N4O/c1-4-13(11-5-7-12(19-3)8-6-11)17-10(2)14-15-9-16-18-14/h5-10,13,17H,4H2,1-3H3,(H,15,16,18). The summed E-state index contributed by atoms with van der Waals surface area (Å²) >= 11 is 0. The molecule has 19 heavy (non-hydrogen) atoms. The molecule has 5 heteroatoms. The maximum Gasteiger partial charge on any atom is 0.141 e. The van der Waals surface area contributed by atoms with Crippen molar-refractivity contribution in [3.05, 3.63) is 42.0 Å². The third-order valence-electron chi connectivity index (χ3n) is 3.22. The van der Waals surface area contributed by atoms with E-state index < -0.39 is 0 Å². The molecule has 0 aliphatic heterocycles. The van der Waals surface area contributed by atoms with Crippen molar-refractivity contribution in [1.29, 1.82) is 0 Å². The van der Waals surface area contributed by atoms with Crippen LogP contribution in [0.25, 0.3) is 0 Å². The molecule has 2 N–H and O–H groups in total. The fourth-order valence-corrected chi connectivity index (χ4v) is 2.09. The van der Waals surface area contributed by atoms with Gasteiger partial charge < -0.3 is 10.1 Å². The minimum absolute atomic E-state index is 0.134. The zero-order valence-corrected chi connectivity index (χ0v) is 11.6. The molecule has 102 valence electrons. The summed E-state index contributed by atoms with van der Waals surface area (Å²) < 4.78 is 5.18. The second-order valence-corrected chi connectivity index (χ2v) is 4.49. The zero-order chi connectivity index (χ0) is 13.7. The molecule has 0 bridgehead atoms. The second kappa shape index (κ2) is 6.33. The molecular formula is C14H20N4O. The summed E-state index contributed by atoms with van der Waals surface area (Å²) in [6, 6.07) is 8.57. The highest BCUT2D eigenvalue weighted by atomic mass is 16.5. The first-order valence-corrected chi connectivity index (χ1v) is 6.49. The Labute approximate surface area is 113 Å². The van der Waals surface area contributed by atoms with Crippen LogP contribution < -0.4 is 10.1 Å².